The van der Waals surface area contributed by atoms with Gasteiger partial charge in [0, 0.05) is 12.8 Å². The maximum absolute atomic E-state index is 11.8. The molecule has 9 heteroatoms. The van der Waals surface area contributed by atoms with Gasteiger partial charge in [0.15, 0.2) is 0 Å². The van der Waals surface area contributed by atoms with Crippen LogP contribution in [0.3, 0.4) is 0 Å². The first-order valence-corrected chi connectivity index (χ1v) is 5.88. The number of halogens is 3. The highest BCUT2D eigenvalue weighted by molar-refractivity contribution is 5.81. The molecule has 0 aliphatic carbocycles. The van der Waals surface area contributed by atoms with Gasteiger partial charge in [-0.15, -0.1) is 0 Å². The van der Waals surface area contributed by atoms with Gasteiger partial charge in [-0.3, -0.25) is 4.79 Å². The summed E-state index contributed by atoms with van der Waals surface area (Å²) in [5, 5.41) is 5.25. The lowest BCUT2D eigenvalue weighted by Crippen LogP contribution is -2.37. The number of nitrogens with zero attached hydrogens (tertiary/aromatic N) is 1. The second-order valence-corrected chi connectivity index (χ2v) is 4.82. The smallest absolute Gasteiger partial charge is 0.443 e. The van der Waals surface area contributed by atoms with Gasteiger partial charge in [-0.05, 0) is 33.6 Å². The Bertz CT molecular complexity index is 362. The van der Waals surface area contributed by atoms with Gasteiger partial charge in [0.05, 0.1) is 0 Å². The minimum absolute atomic E-state index is 0.128. The van der Waals surface area contributed by atoms with Gasteiger partial charge < -0.3 is 10.1 Å². The second kappa shape index (κ2) is 7.71. The van der Waals surface area contributed by atoms with Crippen LogP contribution >= 0.6 is 0 Å². The number of hydrogen-bond donors (Lipinski definition) is 2. The molecule has 20 heavy (non-hydrogen) atoms. The van der Waals surface area contributed by atoms with Crippen LogP contribution in [-0.4, -0.2) is 36.5 Å². The fourth-order valence-corrected chi connectivity index (χ4v) is 0.959. The second-order valence-electron chi connectivity index (χ2n) is 4.82. The number of alkyl halides is 3. The topological polar surface area (TPSA) is 79.8 Å². The minimum Gasteiger partial charge on any atom is -0.443 e. The number of nitrogens with one attached hydrogen (secondary N) is 2. The molecule has 0 unspecified atom stereocenters. The first-order chi connectivity index (χ1) is 9.02. The van der Waals surface area contributed by atoms with Gasteiger partial charge in [0.1, 0.15) is 5.60 Å². The zero-order valence-corrected chi connectivity index (χ0v) is 11.5. The van der Waals surface area contributed by atoms with E-state index in [1.54, 1.807) is 26.1 Å². The summed E-state index contributed by atoms with van der Waals surface area (Å²) in [5.74, 6) is -1.97. The number of hydrazone groups is 1. The number of carbonyl (C=O) groups is 2. The quantitative estimate of drug-likeness (QED) is 0.462. The van der Waals surface area contributed by atoms with E-state index in [-0.39, 0.29) is 13.0 Å². The third-order valence-corrected chi connectivity index (χ3v) is 1.70. The highest BCUT2D eigenvalue weighted by atomic mass is 19.4. The van der Waals surface area contributed by atoms with Crippen molar-refractivity contribution in [3.63, 3.8) is 0 Å². The molecule has 0 rings (SSSR count). The van der Waals surface area contributed by atoms with Gasteiger partial charge in [0.2, 0.25) is 0 Å². The van der Waals surface area contributed by atoms with E-state index in [1.165, 1.54) is 6.21 Å². The number of unbranched alkanes of at least 4 members (excludes halogenated alkanes) is 1. The number of amides is 2. The van der Waals surface area contributed by atoms with Crippen LogP contribution < -0.4 is 10.7 Å². The molecule has 0 bridgehead atoms. The molecule has 0 spiro atoms. The first-order valence-electron chi connectivity index (χ1n) is 5.88. The van der Waals surface area contributed by atoms with Crippen LogP contribution in [-0.2, 0) is 9.53 Å². The van der Waals surface area contributed by atoms with Crippen LogP contribution in [0.4, 0.5) is 18.0 Å². The lowest BCUT2D eigenvalue weighted by molar-refractivity contribution is -0.173. The third-order valence-electron chi connectivity index (χ3n) is 1.70. The van der Waals surface area contributed by atoms with Crippen LogP contribution in [0.25, 0.3) is 0 Å². The van der Waals surface area contributed by atoms with Crippen LogP contribution in [0.5, 0.6) is 0 Å². The molecule has 116 valence electrons. The van der Waals surface area contributed by atoms with Crippen molar-refractivity contribution < 1.29 is 27.5 Å². The highest BCUT2D eigenvalue weighted by Crippen LogP contribution is 2.13. The molecule has 0 aliphatic rings. The number of rotatable bonds is 5. The number of hydrogen-bond acceptors (Lipinski definition) is 4. The Morgan fingerprint density at radius 3 is 2.35 bits per heavy atom. The molecule has 0 aromatic carbocycles. The Kier molecular flexibility index (Phi) is 7.01. The predicted octanol–water partition coefficient (Wildman–Crippen LogP) is 1.96. The van der Waals surface area contributed by atoms with E-state index in [0.29, 0.717) is 6.42 Å². The first kappa shape index (κ1) is 18.2. The predicted molar refractivity (Wildman–Crippen MR) is 66.2 cm³/mol. The van der Waals surface area contributed by atoms with Crippen molar-refractivity contribution in [3.8, 4) is 0 Å². The van der Waals surface area contributed by atoms with E-state index in [4.69, 9.17) is 4.74 Å². The van der Waals surface area contributed by atoms with Crippen LogP contribution in [0.1, 0.15) is 33.6 Å². The van der Waals surface area contributed by atoms with E-state index in [2.05, 4.69) is 10.5 Å². The van der Waals surface area contributed by atoms with Gasteiger partial charge >= 0.3 is 18.2 Å². The molecule has 0 aromatic heterocycles. The molecule has 2 amide bonds. The maximum Gasteiger partial charge on any atom is 0.471 e. The summed E-state index contributed by atoms with van der Waals surface area (Å²) in [6, 6.07) is 0. The summed E-state index contributed by atoms with van der Waals surface area (Å²) >= 11 is 0. The van der Waals surface area contributed by atoms with Gasteiger partial charge in [-0.1, -0.05) is 0 Å². The fourth-order valence-electron chi connectivity index (χ4n) is 0.959. The zero-order valence-electron chi connectivity index (χ0n) is 11.5. The van der Waals surface area contributed by atoms with Crippen molar-refractivity contribution in [2.75, 3.05) is 6.54 Å². The molecule has 0 atom stereocenters. The Morgan fingerprint density at radius 1 is 1.25 bits per heavy atom. The summed E-state index contributed by atoms with van der Waals surface area (Å²) in [5.41, 5.74) is 1.47. The summed E-state index contributed by atoms with van der Waals surface area (Å²) in [7, 11) is 0. The summed E-state index contributed by atoms with van der Waals surface area (Å²) in [6.07, 6.45) is -3.72. The average Bonchev–Trinajstić information content (AvgIpc) is 2.23. The molecule has 0 aromatic rings. The number of carbonyl (C=O) groups excluding carboxylic acids is 2. The Hall–Kier alpha value is -1.80. The molecule has 0 fully saturated rings. The van der Waals surface area contributed by atoms with E-state index >= 15 is 0 Å². The molecule has 0 heterocycles. The van der Waals surface area contributed by atoms with Crippen molar-refractivity contribution >= 4 is 18.2 Å². The zero-order chi connectivity index (χ0) is 15.8. The summed E-state index contributed by atoms with van der Waals surface area (Å²) < 4.78 is 40.3. The fraction of sp³-hybridized carbons (Fsp3) is 0.727. The lowest BCUT2D eigenvalue weighted by atomic mass is 10.2. The third kappa shape index (κ3) is 10.2. The maximum atomic E-state index is 11.8. The average molecular weight is 297 g/mol. The van der Waals surface area contributed by atoms with Crippen molar-refractivity contribution in [1.82, 2.24) is 10.7 Å². The van der Waals surface area contributed by atoms with Crippen LogP contribution in [0.15, 0.2) is 5.10 Å². The molecule has 0 aliphatic heterocycles. The Balaban J connectivity index is 3.69. The number of ether oxygens (including phenoxy) is 1. The monoisotopic (exact) mass is 297 g/mol. The van der Waals surface area contributed by atoms with Crippen LogP contribution in [0, 0.1) is 0 Å². The standard InChI is InChI=1S/C11H18F3N3O3/c1-10(2,3)20-9(19)17-16-7-5-4-6-15-8(18)11(12,13)14/h7H,4-6H2,1-3H3,(H,15,18)(H,17,19)/b16-7+. The molecule has 0 radical (unpaired) electrons. The Labute approximate surface area is 114 Å². The lowest BCUT2D eigenvalue weighted by Gasteiger charge is -2.18. The molecule has 0 saturated carbocycles. The van der Waals surface area contributed by atoms with E-state index in [9.17, 15) is 22.8 Å². The minimum atomic E-state index is -4.87. The van der Waals surface area contributed by atoms with E-state index in [0.717, 1.165) is 0 Å². The van der Waals surface area contributed by atoms with Crippen molar-refractivity contribution in [1.29, 1.82) is 0 Å². The SMILES string of the molecule is CC(C)(C)OC(=O)N/N=C/CCCNC(=O)C(F)(F)F. The van der Waals surface area contributed by atoms with E-state index in [1.807, 2.05) is 0 Å². The van der Waals surface area contributed by atoms with Crippen molar-refractivity contribution in [3.05, 3.63) is 0 Å². The van der Waals surface area contributed by atoms with Gasteiger partial charge in [0.25, 0.3) is 0 Å². The van der Waals surface area contributed by atoms with Crippen molar-refractivity contribution in [2.24, 2.45) is 5.10 Å². The molecule has 2 N–H and O–H groups in total. The van der Waals surface area contributed by atoms with Crippen molar-refractivity contribution in [2.45, 2.75) is 45.4 Å². The summed E-state index contributed by atoms with van der Waals surface area (Å²) in [4.78, 5) is 21.6. The normalized spacial score (nSPS) is 12.3. The van der Waals surface area contributed by atoms with E-state index < -0.39 is 23.8 Å². The molecular weight excluding hydrogens is 279 g/mol. The van der Waals surface area contributed by atoms with Gasteiger partial charge in [-0.2, -0.15) is 18.3 Å². The molecule has 0 saturated heterocycles. The highest BCUT2D eigenvalue weighted by Gasteiger charge is 2.38. The molecular formula is C11H18F3N3O3. The molecule has 6 nitrogen and oxygen atoms in total. The largest absolute Gasteiger partial charge is 0.471 e. The Morgan fingerprint density at radius 2 is 1.85 bits per heavy atom. The van der Waals surface area contributed by atoms with Gasteiger partial charge in [-0.25, -0.2) is 10.2 Å². The summed E-state index contributed by atoms with van der Waals surface area (Å²) in [6.45, 7) is 4.95. The van der Waals surface area contributed by atoms with Crippen LogP contribution in [0.2, 0.25) is 0 Å².